The van der Waals surface area contributed by atoms with Crippen molar-refractivity contribution in [2.45, 2.75) is 4.90 Å². The zero-order valence-electron chi connectivity index (χ0n) is 11.2. The molecule has 0 unspecified atom stereocenters. The molecule has 0 saturated carbocycles. The molecule has 0 aliphatic carbocycles. The number of ketones is 1. The fraction of sp³-hybridized carbons (Fsp3) is 0.0714. The largest absolute Gasteiger partial charge is 0.351 e. The van der Waals surface area contributed by atoms with Crippen molar-refractivity contribution in [1.29, 1.82) is 0 Å². The van der Waals surface area contributed by atoms with Crippen LogP contribution in [0.1, 0.15) is 10.4 Å². The molecule has 1 aromatic carbocycles. The number of aromatic nitrogens is 1. The number of halogens is 2. The summed E-state index contributed by atoms with van der Waals surface area (Å²) in [6.07, 6.45) is 0. The molecule has 0 spiro atoms. The van der Waals surface area contributed by atoms with Gasteiger partial charge in [0.2, 0.25) is 5.95 Å². The van der Waals surface area contributed by atoms with Crippen molar-refractivity contribution < 1.29 is 14.0 Å². The van der Waals surface area contributed by atoms with Crippen LogP contribution in [0.5, 0.6) is 0 Å². The summed E-state index contributed by atoms with van der Waals surface area (Å²) in [5.41, 5.74) is 5.34. The number of carbonyl (C=O) groups excluding carboxylic acids is 2. The second-order valence-electron chi connectivity index (χ2n) is 4.18. The molecule has 5 nitrogen and oxygen atoms in total. The molecule has 0 radical (unpaired) electrons. The molecule has 2 rings (SSSR count). The van der Waals surface area contributed by atoms with Crippen LogP contribution < -0.4 is 11.1 Å². The van der Waals surface area contributed by atoms with E-state index < -0.39 is 12.0 Å². The Kier molecular flexibility index (Phi) is 5.35. The van der Waals surface area contributed by atoms with Gasteiger partial charge in [0.1, 0.15) is 10.8 Å². The highest BCUT2D eigenvalue weighted by atomic mass is 35.5. The summed E-state index contributed by atoms with van der Waals surface area (Å²) in [7, 11) is 0. The number of carbonyl (C=O) groups is 2. The Hall–Kier alpha value is -2.12. The topological polar surface area (TPSA) is 85.1 Å². The normalized spacial score (nSPS) is 10.3. The van der Waals surface area contributed by atoms with Crippen LogP contribution >= 0.6 is 23.4 Å². The first kappa shape index (κ1) is 16.3. The molecule has 8 heteroatoms. The average Bonchev–Trinajstić information content (AvgIpc) is 2.48. The summed E-state index contributed by atoms with van der Waals surface area (Å²) in [5.74, 6) is -1.04. The lowest BCUT2D eigenvalue weighted by Gasteiger charge is -2.10. The lowest BCUT2D eigenvalue weighted by Crippen LogP contribution is -2.21. The van der Waals surface area contributed by atoms with Crippen LogP contribution in [0.15, 0.2) is 41.3 Å². The van der Waals surface area contributed by atoms with E-state index in [1.165, 1.54) is 6.07 Å². The number of hydrogen-bond acceptors (Lipinski definition) is 4. The number of pyridine rings is 1. The molecular weight excluding hydrogens is 329 g/mol. The highest BCUT2D eigenvalue weighted by molar-refractivity contribution is 8.00. The SMILES string of the molecule is NC(=O)Nc1c(SCC(=O)c2ccccc2)cc(Cl)nc1F. The second kappa shape index (κ2) is 7.24. The Morgan fingerprint density at radius 1 is 1.32 bits per heavy atom. The minimum absolute atomic E-state index is 0.0528. The second-order valence-corrected chi connectivity index (χ2v) is 5.58. The molecule has 0 atom stereocenters. The van der Waals surface area contributed by atoms with Crippen LogP contribution in [-0.2, 0) is 0 Å². The number of rotatable bonds is 5. The number of primary amides is 1. The summed E-state index contributed by atoms with van der Waals surface area (Å²) >= 11 is 6.73. The van der Waals surface area contributed by atoms with Gasteiger partial charge in [-0.05, 0) is 6.07 Å². The summed E-state index contributed by atoms with van der Waals surface area (Å²) < 4.78 is 13.8. The first-order chi connectivity index (χ1) is 10.5. The van der Waals surface area contributed by atoms with Gasteiger partial charge < -0.3 is 11.1 Å². The van der Waals surface area contributed by atoms with Crippen LogP contribution in [0.25, 0.3) is 0 Å². The predicted molar refractivity (Wildman–Crippen MR) is 83.9 cm³/mol. The lowest BCUT2D eigenvalue weighted by atomic mass is 10.2. The smallest absolute Gasteiger partial charge is 0.316 e. The van der Waals surface area contributed by atoms with Crippen LogP contribution in [0.2, 0.25) is 5.15 Å². The third-order valence-electron chi connectivity index (χ3n) is 2.61. The van der Waals surface area contributed by atoms with Crippen molar-refractivity contribution in [1.82, 2.24) is 4.98 Å². The van der Waals surface area contributed by atoms with E-state index in [1.54, 1.807) is 30.3 Å². The van der Waals surface area contributed by atoms with Crippen molar-refractivity contribution in [3.05, 3.63) is 53.1 Å². The van der Waals surface area contributed by atoms with Gasteiger partial charge in [0.05, 0.1) is 5.75 Å². The standard InChI is InChI=1S/C14H11ClFN3O2S/c15-11-6-10(12(13(16)18-11)19-14(17)21)22-7-9(20)8-4-2-1-3-5-8/h1-6H,7H2,(H3,17,19,21). The van der Waals surface area contributed by atoms with E-state index in [9.17, 15) is 14.0 Å². The van der Waals surface area contributed by atoms with Crippen LogP contribution in [0.4, 0.5) is 14.9 Å². The highest BCUT2D eigenvalue weighted by Gasteiger charge is 2.16. The fourth-order valence-electron chi connectivity index (χ4n) is 1.66. The number of hydrogen-bond donors (Lipinski definition) is 2. The van der Waals surface area contributed by atoms with Gasteiger partial charge in [0.25, 0.3) is 0 Å². The van der Waals surface area contributed by atoms with Crippen molar-refractivity contribution >= 4 is 40.9 Å². The first-order valence-electron chi connectivity index (χ1n) is 6.11. The van der Waals surface area contributed by atoms with Gasteiger partial charge >= 0.3 is 6.03 Å². The Labute approximate surface area is 135 Å². The molecule has 114 valence electrons. The molecule has 0 aliphatic rings. The zero-order valence-corrected chi connectivity index (χ0v) is 12.7. The summed E-state index contributed by atoms with van der Waals surface area (Å²) in [4.78, 5) is 26.7. The fourth-order valence-corrected chi connectivity index (χ4v) is 2.84. The molecular formula is C14H11ClFN3O2S. The molecule has 0 aliphatic heterocycles. The molecule has 0 saturated heterocycles. The minimum atomic E-state index is -0.957. The van der Waals surface area contributed by atoms with Crippen LogP contribution in [0, 0.1) is 5.95 Å². The maximum Gasteiger partial charge on any atom is 0.316 e. The third kappa shape index (κ3) is 4.19. The number of thioether (sulfide) groups is 1. The number of nitrogens with zero attached hydrogens (tertiary/aromatic N) is 1. The monoisotopic (exact) mass is 339 g/mol. The highest BCUT2D eigenvalue weighted by Crippen LogP contribution is 2.31. The molecule has 1 heterocycles. The van der Waals surface area contributed by atoms with E-state index >= 15 is 0 Å². The van der Waals surface area contributed by atoms with E-state index in [1.807, 2.05) is 0 Å². The summed E-state index contributed by atoms with van der Waals surface area (Å²) in [6.45, 7) is 0. The van der Waals surface area contributed by atoms with Gasteiger partial charge in [-0.2, -0.15) is 4.39 Å². The Morgan fingerprint density at radius 2 is 2.00 bits per heavy atom. The van der Waals surface area contributed by atoms with E-state index in [0.717, 1.165) is 11.8 Å². The maximum absolute atomic E-state index is 13.8. The van der Waals surface area contributed by atoms with Crippen molar-refractivity contribution in [3.63, 3.8) is 0 Å². The van der Waals surface area contributed by atoms with E-state index in [-0.39, 0.29) is 27.3 Å². The predicted octanol–water partition coefficient (Wildman–Crippen LogP) is 3.34. The number of benzene rings is 1. The molecule has 0 bridgehead atoms. The van der Waals surface area contributed by atoms with Gasteiger partial charge in [-0.3, -0.25) is 4.79 Å². The number of amides is 2. The molecule has 22 heavy (non-hydrogen) atoms. The van der Waals surface area contributed by atoms with Crippen molar-refractivity contribution in [2.75, 3.05) is 11.1 Å². The summed E-state index contributed by atoms with van der Waals surface area (Å²) in [6, 6.07) is 9.11. The van der Waals surface area contributed by atoms with Crippen LogP contribution in [0.3, 0.4) is 0 Å². The zero-order chi connectivity index (χ0) is 16.1. The Bertz CT molecular complexity index is 713. The number of urea groups is 1. The molecule has 0 fully saturated rings. The first-order valence-corrected chi connectivity index (χ1v) is 7.47. The molecule has 2 aromatic rings. The lowest BCUT2D eigenvalue weighted by molar-refractivity contribution is 0.102. The Balaban J connectivity index is 2.18. The van der Waals surface area contributed by atoms with Crippen LogP contribution in [-0.4, -0.2) is 22.6 Å². The van der Waals surface area contributed by atoms with Gasteiger partial charge in [0, 0.05) is 10.5 Å². The summed E-state index contributed by atoms with van der Waals surface area (Å²) in [5, 5.41) is 2.06. The quantitative estimate of drug-likeness (QED) is 0.497. The Morgan fingerprint density at radius 3 is 2.64 bits per heavy atom. The number of nitrogens with two attached hydrogens (primary N) is 1. The molecule has 2 amide bonds. The minimum Gasteiger partial charge on any atom is -0.351 e. The third-order valence-corrected chi connectivity index (χ3v) is 3.84. The van der Waals surface area contributed by atoms with Gasteiger partial charge in [-0.1, -0.05) is 41.9 Å². The number of Topliss-reactive ketones (excluding diaryl/α,β-unsaturated/α-hetero) is 1. The number of anilines is 1. The molecule has 1 aromatic heterocycles. The van der Waals surface area contributed by atoms with Gasteiger partial charge in [0.15, 0.2) is 5.78 Å². The average molecular weight is 340 g/mol. The molecule has 3 N–H and O–H groups in total. The van der Waals surface area contributed by atoms with Gasteiger partial charge in [-0.15, -0.1) is 11.8 Å². The maximum atomic E-state index is 13.8. The number of nitrogens with one attached hydrogen (secondary N) is 1. The van der Waals surface area contributed by atoms with Crippen molar-refractivity contribution in [2.24, 2.45) is 5.73 Å². The van der Waals surface area contributed by atoms with E-state index in [2.05, 4.69) is 10.3 Å². The van der Waals surface area contributed by atoms with Crippen molar-refractivity contribution in [3.8, 4) is 0 Å². The van der Waals surface area contributed by atoms with E-state index in [4.69, 9.17) is 17.3 Å². The van der Waals surface area contributed by atoms with E-state index in [0.29, 0.717) is 5.56 Å². The van der Waals surface area contributed by atoms with Gasteiger partial charge in [-0.25, -0.2) is 9.78 Å².